The summed E-state index contributed by atoms with van der Waals surface area (Å²) >= 11 is 1.50. The minimum atomic E-state index is 0.0197. The van der Waals surface area contributed by atoms with Crippen LogP contribution in [-0.2, 0) is 9.53 Å². The van der Waals surface area contributed by atoms with Gasteiger partial charge in [-0.25, -0.2) is 4.98 Å². The summed E-state index contributed by atoms with van der Waals surface area (Å²) in [6.07, 6.45) is 7.33. The third-order valence-corrected chi connectivity index (χ3v) is 5.84. The van der Waals surface area contributed by atoms with Crippen molar-refractivity contribution in [2.75, 3.05) is 12.4 Å². The molecule has 0 bridgehead atoms. The van der Waals surface area contributed by atoms with Crippen molar-refractivity contribution < 1.29 is 9.53 Å². The quantitative estimate of drug-likeness (QED) is 0.740. The van der Waals surface area contributed by atoms with Crippen molar-refractivity contribution in [3.05, 3.63) is 29.5 Å². The maximum atomic E-state index is 12.6. The molecule has 0 spiro atoms. The van der Waals surface area contributed by atoms with Crippen LogP contribution in [0.4, 0.5) is 5.82 Å². The van der Waals surface area contributed by atoms with Gasteiger partial charge in [0.1, 0.15) is 16.5 Å². The van der Waals surface area contributed by atoms with Crippen molar-refractivity contribution in [3.63, 3.8) is 0 Å². The largest absolute Gasteiger partial charge is 0.381 e. The molecule has 140 valence electrons. The van der Waals surface area contributed by atoms with Gasteiger partial charge in [-0.1, -0.05) is 11.3 Å². The van der Waals surface area contributed by atoms with Crippen molar-refractivity contribution in [2.24, 2.45) is 5.92 Å². The van der Waals surface area contributed by atoms with Crippen LogP contribution in [0.3, 0.4) is 0 Å². The van der Waals surface area contributed by atoms with Crippen LogP contribution in [0.1, 0.15) is 30.7 Å². The highest BCUT2D eigenvalue weighted by molar-refractivity contribution is 7.14. The number of nitrogens with zero attached hydrogens (tertiary/aromatic N) is 4. The van der Waals surface area contributed by atoms with E-state index in [1.807, 2.05) is 19.1 Å². The van der Waals surface area contributed by atoms with E-state index in [9.17, 15) is 4.79 Å². The van der Waals surface area contributed by atoms with Gasteiger partial charge in [0.15, 0.2) is 5.01 Å². The Labute approximate surface area is 161 Å². The molecule has 1 fully saturated rings. The fourth-order valence-electron chi connectivity index (χ4n) is 3.41. The lowest BCUT2D eigenvalue weighted by atomic mass is 9.87. The summed E-state index contributed by atoms with van der Waals surface area (Å²) in [7, 11) is 1.73. The van der Waals surface area contributed by atoms with Crippen LogP contribution in [0.2, 0.25) is 0 Å². The van der Waals surface area contributed by atoms with Crippen LogP contribution in [0, 0.1) is 12.8 Å². The molecule has 3 heterocycles. The topological polar surface area (TPSA) is 89.9 Å². The van der Waals surface area contributed by atoms with Gasteiger partial charge < -0.3 is 10.1 Å². The van der Waals surface area contributed by atoms with Gasteiger partial charge in [-0.3, -0.25) is 9.78 Å². The predicted molar refractivity (Wildman–Crippen MR) is 105 cm³/mol. The SMILES string of the molecule is CO[C@H]1CC[C@H](C(=O)Nc2cc3cc(-c4nnc(C)s4)ncc3cn2)CC1. The van der Waals surface area contributed by atoms with Crippen molar-refractivity contribution in [1.29, 1.82) is 0 Å². The smallest absolute Gasteiger partial charge is 0.228 e. The molecule has 1 amide bonds. The monoisotopic (exact) mass is 383 g/mol. The Morgan fingerprint density at radius 2 is 1.89 bits per heavy atom. The lowest BCUT2D eigenvalue weighted by Gasteiger charge is -2.26. The third-order valence-electron chi connectivity index (χ3n) is 4.98. The number of rotatable bonds is 4. The number of amides is 1. The Hall–Kier alpha value is -2.45. The lowest BCUT2D eigenvalue weighted by Crippen LogP contribution is -2.29. The number of carbonyl (C=O) groups excluding carboxylic acids is 1. The summed E-state index contributed by atoms with van der Waals surface area (Å²) in [5.74, 6) is 0.614. The number of hydrogen-bond acceptors (Lipinski definition) is 7. The predicted octanol–water partition coefficient (Wildman–Crippen LogP) is 3.60. The van der Waals surface area contributed by atoms with E-state index in [0.29, 0.717) is 5.82 Å². The van der Waals surface area contributed by atoms with Gasteiger partial charge >= 0.3 is 0 Å². The van der Waals surface area contributed by atoms with Crippen LogP contribution in [0.5, 0.6) is 0 Å². The number of anilines is 1. The number of pyridine rings is 2. The van der Waals surface area contributed by atoms with Gasteiger partial charge in [0.05, 0.1) is 6.10 Å². The van der Waals surface area contributed by atoms with E-state index >= 15 is 0 Å². The van der Waals surface area contributed by atoms with Gasteiger partial charge in [0.25, 0.3) is 0 Å². The van der Waals surface area contributed by atoms with Crippen LogP contribution < -0.4 is 5.32 Å². The third kappa shape index (κ3) is 3.96. The summed E-state index contributed by atoms with van der Waals surface area (Å²) in [5, 5.41) is 14.7. The number of nitrogens with one attached hydrogen (secondary N) is 1. The normalized spacial score (nSPS) is 19.9. The van der Waals surface area contributed by atoms with E-state index < -0.39 is 0 Å². The summed E-state index contributed by atoms with van der Waals surface area (Å²) in [6, 6.07) is 3.84. The highest BCUT2D eigenvalue weighted by Crippen LogP contribution is 2.28. The van der Waals surface area contributed by atoms with Gasteiger partial charge in [-0.15, -0.1) is 10.2 Å². The van der Waals surface area contributed by atoms with Crippen LogP contribution in [0.25, 0.3) is 21.5 Å². The van der Waals surface area contributed by atoms with Crippen molar-refractivity contribution in [1.82, 2.24) is 20.2 Å². The Bertz CT molecular complexity index is 966. The minimum absolute atomic E-state index is 0.0197. The fraction of sp³-hybridized carbons (Fsp3) is 0.421. The Balaban J connectivity index is 1.51. The first-order valence-electron chi connectivity index (χ1n) is 9.02. The first kappa shape index (κ1) is 17.9. The molecule has 1 saturated carbocycles. The Morgan fingerprint density at radius 3 is 2.59 bits per heavy atom. The average Bonchev–Trinajstić information content (AvgIpc) is 3.14. The first-order valence-corrected chi connectivity index (χ1v) is 9.84. The molecule has 8 heteroatoms. The molecule has 27 heavy (non-hydrogen) atoms. The number of fused-ring (bicyclic) bond motifs is 1. The molecule has 0 aromatic carbocycles. The number of aryl methyl sites for hydroxylation is 1. The molecule has 3 aromatic rings. The van der Waals surface area contributed by atoms with Crippen molar-refractivity contribution >= 4 is 33.8 Å². The second-order valence-electron chi connectivity index (χ2n) is 6.81. The summed E-state index contributed by atoms with van der Waals surface area (Å²) < 4.78 is 5.38. The molecule has 1 N–H and O–H groups in total. The molecule has 0 saturated heterocycles. The zero-order valence-corrected chi connectivity index (χ0v) is 16.1. The van der Waals surface area contributed by atoms with E-state index in [4.69, 9.17) is 4.74 Å². The zero-order valence-electron chi connectivity index (χ0n) is 15.3. The van der Waals surface area contributed by atoms with Crippen molar-refractivity contribution in [3.8, 4) is 10.7 Å². The Kier molecular flexibility index (Phi) is 5.09. The van der Waals surface area contributed by atoms with E-state index in [1.165, 1.54) is 11.3 Å². The standard InChI is InChI=1S/C19H21N5O2S/c1-11-23-24-19(27-11)16-7-13-8-17(21-10-14(13)9-20-16)22-18(25)12-3-5-15(26-2)6-4-12/h7-10,12,15H,3-6H2,1-2H3,(H,21,22,25)/t12-,15-. The molecule has 4 rings (SSSR count). The highest BCUT2D eigenvalue weighted by Gasteiger charge is 2.26. The van der Waals surface area contributed by atoms with Gasteiger partial charge in [-0.2, -0.15) is 0 Å². The number of aromatic nitrogens is 4. The summed E-state index contributed by atoms with van der Waals surface area (Å²) in [5.41, 5.74) is 0.773. The maximum absolute atomic E-state index is 12.6. The van der Waals surface area contributed by atoms with Gasteiger partial charge in [0.2, 0.25) is 5.91 Å². The number of hydrogen-bond donors (Lipinski definition) is 1. The van der Waals surface area contributed by atoms with E-state index in [2.05, 4.69) is 25.5 Å². The maximum Gasteiger partial charge on any atom is 0.228 e. The molecule has 1 aliphatic rings. The molecule has 3 aromatic heterocycles. The fourth-order valence-corrected chi connectivity index (χ4v) is 4.07. The molecule has 0 radical (unpaired) electrons. The lowest BCUT2D eigenvalue weighted by molar-refractivity contribution is -0.121. The van der Waals surface area contributed by atoms with Crippen LogP contribution in [-0.4, -0.2) is 39.3 Å². The molecular weight excluding hydrogens is 362 g/mol. The van der Waals surface area contributed by atoms with E-state index in [1.54, 1.807) is 19.5 Å². The average molecular weight is 383 g/mol. The molecule has 7 nitrogen and oxygen atoms in total. The highest BCUT2D eigenvalue weighted by atomic mass is 32.1. The molecule has 0 atom stereocenters. The minimum Gasteiger partial charge on any atom is -0.381 e. The zero-order chi connectivity index (χ0) is 18.8. The van der Waals surface area contributed by atoms with Gasteiger partial charge in [0, 0.05) is 30.8 Å². The molecular formula is C19H21N5O2S. The summed E-state index contributed by atoms with van der Waals surface area (Å²) in [6.45, 7) is 1.92. The number of methoxy groups -OCH3 is 1. The van der Waals surface area contributed by atoms with Crippen LogP contribution >= 0.6 is 11.3 Å². The van der Waals surface area contributed by atoms with E-state index in [-0.39, 0.29) is 17.9 Å². The second kappa shape index (κ2) is 7.66. The second-order valence-corrected chi connectivity index (χ2v) is 7.99. The number of ether oxygens (including phenoxy) is 1. The van der Waals surface area contributed by atoms with Crippen LogP contribution in [0.15, 0.2) is 24.5 Å². The van der Waals surface area contributed by atoms with Crippen molar-refractivity contribution in [2.45, 2.75) is 38.7 Å². The summed E-state index contributed by atoms with van der Waals surface area (Å²) in [4.78, 5) is 21.4. The Morgan fingerprint density at radius 1 is 1.11 bits per heavy atom. The van der Waals surface area contributed by atoms with E-state index in [0.717, 1.165) is 52.2 Å². The molecule has 0 aliphatic heterocycles. The first-order chi connectivity index (χ1) is 13.1. The molecule has 1 aliphatic carbocycles. The number of carbonyl (C=O) groups is 1. The molecule has 0 unspecified atom stereocenters. The van der Waals surface area contributed by atoms with Gasteiger partial charge in [-0.05, 0) is 50.1 Å².